The van der Waals surface area contributed by atoms with Crippen molar-refractivity contribution in [2.24, 2.45) is 0 Å². The monoisotopic (exact) mass is 307 g/mol. The fourth-order valence-electron chi connectivity index (χ4n) is 1.80. The van der Waals surface area contributed by atoms with Crippen LogP contribution in [-0.4, -0.2) is 23.6 Å². The van der Waals surface area contributed by atoms with Crippen LogP contribution in [0.5, 0.6) is 5.88 Å². The number of halogens is 1. The Bertz CT molecular complexity index is 632. The highest BCUT2D eigenvalue weighted by Gasteiger charge is 2.15. The Morgan fingerprint density at radius 1 is 1.29 bits per heavy atom. The van der Waals surface area contributed by atoms with Crippen LogP contribution in [0.15, 0.2) is 36.4 Å². The molecule has 0 spiro atoms. The Morgan fingerprint density at radius 3 is 2.62 bits per heavy atom. The van der Waals surface area contributed by atoms with Gasteiger partial charge in [0.05, 0.1) is 12.0 Å². The highest BCUT2D eigenvalue weighted by molar-refractivity contribution is 6.30. The molecule has 0 atom stereocenters. The standard InChI is InChI=1S/C14H14ClN3O3/c1-21-13-7-6-12(18(19)20)14(17-13)16-9-8-10-2-4-11(15)5-3-10/h2-7H,8-9H2,1H3,(H,16,17). The zero-order chi connectivity index (χ0) is 15.2. The van der Waals surface area contributed by atoms with E-state index in [0.29, 0.717) is 23.9 Å². The van der Waals surface area contributed by atoms with Crippen LogP contribution in [0.1, 0.15) is 5.56 Å². The average Bonchev–Trinajstić information content (AvgIpc) is 2.49. The number of rotatable bonds is 6. The number of hydrogen-bond donors (Lipinski definition) is 1. The molecule has 1 aromatic heterocycles. The van der Waals surface area contributed by atoms with Gasteiger partial charge in [-0.15, -0.1) is 0 Å². The Labute approximate surface area is 126 Å². The number of anilines is 1. The highest BCUT2D eigenvalue weighted by atomic mass is 35.5. The summed E-state index contributed by atoms with van der Waals surface area (Å²) >= 11 is 5.82. The minimum Gasteiger partial charge on any atom is -0.481 e. The molecule has 110 valence electrons. The maximum atomic E-state index is 11.0. The van der Waals surface area contributed by atoms with Crippen LogP contribution in [0.4, 0.5) is 11.5 Å². The van der Waals surface area contributed by atoms with Crippen molar-refractivity contribution in [1.29, 1.82) is 0 Å². The van der Waals surface area contributed by atoms with Gasteiger partial charge < -0.3 is 10.1 Å². The lowest BCUT2D eigenvalue weighted by molar-refractivity contribution is -0.384. The molecule has 1 N–H and O–H groups in total. The summed E-state index contributed by atoms with van der Waals surface area (Å²) in [5.74, 6) is 0.530. The van der Waals surface area contributed by atoms with E-state index in [1.54, 1.807) is 0 Å². The molecule has 1 aromatic carbocycles. The van der Waals surface area contributed by atoms with Crippen LogP contribution in [0.3, 0.4) is 0 Å². The minimum atomic E-state index is -0.475. The van der Waals surface area contributed by atoms with Gasteiger partial charge >= 0.3 is 5.69 Å². The smallest absolute Gasteiger partial charge is 0.311 e. The topological polar surface area (TPSA) is 77.3 Å². The Morgan fingerprint density at radius 2 is 2.00 bits per heavy atom. The van der Waals surface area contributed by atoms with Crippen LogP contribution in [0.2, 0.25) is 5.02 Å². The summed E-state index contributed by atoms with van der Waals surface area (Å²) in [7, 11) is 1.46. The van der Waals surface area contributed by atoms with E-state index in [0.717, 1.165) is 5.56 Å². The van der Waals surface area contributed by atoms with E-state index >= 15 is 0 Å². The molecule has 0 saturated heterocycles. The summed E-state index contributed by atoms with van der Waals surface area (Å²) in [6, 6.07) is 10.3. The third-order valence-corrected chi connectivity index (χ3v) is 3.13. The molecule has 2 aromatic rings. The minimum absolute atomic E-state index is 0.0769. The number of benzene rings is 1. The number of methoxy groups -OCH3 is 1. The van der Waals surface area contributed by atoms with Crippen molar-refractivity contribution in [2.75, 3.05) is 19.0 Å². The molecule has 0 aliphatic carbocycles. The highest BCUT2D eigenvalue weighted by Crippen LogP contribution is 2.24. The van der Waals surface area contributed by atoms with Gasteiger partial charge in [0, 0.05) is 23.7 Å². The zero-order valence-corrected chi connectivity index (χ0v) is 12.1. The van der Waals surface area contributed by atoms with E-state index in [9.17, 15) is 10.1 Å². The lowest BCUT2D eigenvalue weighted by Gasteiger charge is -2.08. The van der Waals surface area contributed by atoms with Gasteiger partial charge in [0.2, 0.25) is 11.7 Å². The largest absolute Gasteiger partial charge is 0.481 e. The maximum absolute atomic E-state index is 11.0. The van der Waals surface area contributed by atoms with E-state index in [1.807, 2.05) is 24.3 Å². The average molecular weight is 308 g/mol. The maximum Gasteiger partial charge on any atom is 0.311 e. The summed E-state index contributed by atoms with van der Waals surface area (Å²) in [6.45, 7) is 0.517. The number of pyridine rings is 1. The first-order chi connectivity index (χ1) is 10.1. The summed E-state index contributed by atoms with van der Waals surface area (Å²) in [6.07, 6.45) is 0.702. The molecule has 0 saturated carbocycles. The number of nitrogens with one attached hydrogen (secondary N) is 1. The molecule has 2 rings (SSSR count). The van der Waals surface area contributed by atoms with Gasteiger partial charge in [-0.1, -0.05) is 23.7 Å². The van der Waals surface area contributed by atoms with Crippen LogP contribution >= 0.6 is 11.6 Å². The molecule has 0 aliphatic heterocycles. The van der Waals surface area contributed by atoms with E-state index < -0.39 is 4.92 Å². The number of nitrogens with zero attached hydrogens (tertiary/aromatic N) is 2. The van der Waals surface area contributed by atoms with E-state index in [4.69, 9.17) is 16.3 Å². The van der Waals surface area contributed by atoms with Crippen molar-refractivity contribution in [1.82, 2.24) is 4.98 Å². The third kappa shape index (κ3) is 4.06. The first-order valence-corrected chi connectivity index (χ1v) is 6.65. The van der Waals surface area contributed by atoms with Gasteiger partial charge in [-0.25, -0.2) is 0 Å². The van der Waals surface area contributed by atoms with Crippen molar-refractivity contribution in [3.8, 4) is 5.88 Å². The van der Waals surface area contributed by atoms with Gasteiger partial charge in [0.25, 0.3) is 0 Å². The second-order valence-electron chi connectivity index (χ2n) is 4.28. The second-order valence-corrected chi connectivity index (χ2v) is 4.72. The number of aromatic nitrogens is 1. The van der Waals surface area contributed by atoms with Gasteiger partial charge in [-0.2, -0.15) is 4.98 Å². The predicted molar refractivity (Wildman–Crippen MR) is 81.1 cm³/mol. The third-order valence-electron chi connectivity index (χ3n) is 2.87. The van der Waals surface area contributed by atoms with Crippen LogP contribution in [-0.2, 0) is 6.42 Å². The molecular weight excluding hydrogens is 294 g/mol. The van der Waals surface area contributed by atoms with Crippen molar-refractivity contribution >= 4 is 23.1 Å². The molecule has 1 heterocycles. The first-order valence-electron chi connectivity index (χ1n) is 6.28. The van der Waals surface area contributed by atoms with Crippen molar-refractivity contribution in [3.63, 3.8) is 0 Å². The lowest BCUT2D eigenvalue weighted by atomic mass is 10.1. The quantitative estimate of drug-likeness (QED) is 0.654. The van der Waals surface area contributed by atoms with Gasteiger partial charge in [-0.3, -0.25) is 10.1 Å². The molecule has 21 heavy (non-hydrogen) atoms. The molecule has 0 amide bonds. The summed E-state index contributed by atoms with van der Waals surface area (Å²) < 4.78 is 4.98. The molecule has 0 fully saturated rings. The Kier molecular flexibility index (Phi) is 4.94. The van der Waals surface area contributed by atoms with Crippen molar-refractivity contribution in [3.05, 3.63) is 57.1 Å². The Balaban J connectivity index is 2.04. The van der Waals surface area contributed by atoms with Crippen LogP contribution in [0.25, 0.3) is 0 Å². The molecule has 6 nitrogen and oxygen atoms in total. The first kappa shape index (κ1) is 15.1. The summed E-state index contributed by atoms with van der Waals surface area (Å²) in [5, 5.41) is 14.6. The predicted octanol–water partition coefficient (Wildman–Crippen LogP) is 3.31. The molecule has 7 heteroatoms. The van der Waals surface area contributed by atoms with Gasteiger partial charge in [-0.05, 0) is 24.1 Å². The summed E-state index contributed by atoms with van der Waals surface area (Å²) in [5.41, 5.74) is 1.00. The zero-order valence-electron chi connectivity index (χ0n) is 11.4. The fraction of sp³-hybridized carbons (Fsp3) is 0.214. The van der Waals surface area contributed by atoms with Gasteiger partial charge in [0.1, 0.15) is 0 Å². The van der Waals surface area contributed by atoms with Crippen LogP contribution < -0.4 is 10.1 Å². The number of ether oxygens (including phenoxy) is 1. The van der Waals surface area contributed by atoms with E-state index in [1.165, 1.54) is 19.2 Å². The number of nitro groups is 1. The number of hydrogen-bond acceptors (Lipinski definition) is 5. The van der Waals surface area contributed by atoms with Crippen molar-refractivity contribution in [2.45, 2.75) is 6.42 Å². The fourth-order valence-corrected chi connectivity index (χ4v) is 1.93. The Hall–Kier alpha value is -2.34. The summed E-state index contributed by atoms with van der Waals surface area (Å²) in [4.78, 5) is 14.5. The molecule has 0 aliphatic rings. The SMILES string of the molecule is COc1ccc([N+](=O)[O-])c(NCCc2ccc(Cl)cc2)n1. The van der Waals surface area contributed by atoms with Crippen molar-refractivity contribution < 1.29 is 9.66 Å². The normalized spacial score (nSPS) is 10.2. The van der Waals surface area contributed by atoms with E-state index in [-0.39, 0.29) is 11.5 Å². The lowest BCUT2D eigenvalue weighted by Crippen LogP contribution is -2.09. The second kappa shape index (κ2) is 6.90. The molecule has 0 bridgehead atoms. The van der Waals surface area contributed by atoms with Gasteiger partial charge in [0.15, 0.2) is 0 Å². The molecule has 0 radical (unpaired) electrons. The molecular formula is C14H14ClN3O3. The molecule has 0 unspecified atom stereocenters. The van der Waals surface area contributed by atoms with E-state index in [2.05, 4.69) is 10.3 Å². The van der Waals surface area contributed by atoms with Crippen LogP contribution in [0, 0.1) is 10.1 Å².